The average Bonchev–Trinajstić information content (AvgIpc) is 1.64. The first-order chi connectivity index (χ1) is 3.55. The molecule has 0 saturated carbocycles. The van der Waals surface area contributed by atoms with Crippen molar-refractivity contribution in [2.24, 2.45) is 17.4 Å². The summed E-state index contributed by atoms with van der Waals surface area (Å²) < 4.78 is 0. The van der Waals surface area contributed by atoms with Gasteiger partial charge in [-0.25, -0.2) is 16.8 Å². The van der Waals surface area contributed by atoms with E-state index in [0.717, 1.165) is 5.12 Å². The second-order valence-corrected chi connectivity index (χ2v) is 1.68. The molecule has 0 aliphatic heterocycles. The van der Waals surface area contributed by atoms with Crippen LogP contribution in [-0.4, -0.2) is 5.12 Å². The predicted octanol–water partition coefficient (Wildman–Crippen LogP) is -0.754. The molecule has 0 spiro atoms. The third-order valence-corrected chi connectivity index (χ3v) is 0.958. The van der Waals surface area contributed by atoms with Gasteiger partial charge in [-0.15, -0.1) is 0 Å². The van der Waals surface area contributed by atoms with Crippen molar-refractivity contribution in [2.45, 2.75) is 13.8 Å². The predicted molar refractivity (Wildman–Crippen MR) is 32.8 cm³/mol. The highest BCUT2D eigenvalue weighted by molar-refractivity contribution is 5.01. The van der Waals surface area contributed by atoms with Crippen LogP contribution in [-0.2, 0) is 0 Å². The molecule has 0 unspecified atom stereocenters. The van der Waals surface area contributed by atoms with Crippen LogP contribution in [0.25, 0.3) is 0 Å². The minimum Gasteiger partial charge on any atom is -0.401 e. The molecule has 0 aromatic heterocycles. The number of hydrogen-bond acceptors (Lipinski definition) is 4. The maximum Gasteiger partial charge on any atom is 0.0623 e. The molecule has 0 amide bonds. The summed E-state index contributed by atoms with van der Waals surface area (Å²) in [4.78, 5) is 0. The monoisotopic (exact) mass is 116 g/mol. The molecular weight excluding hydrogens is 104 g/mol. The molecule has 0 bridgehead atoms. The molecular formula is C4H12N4. The van der Waals surface area contributed by atoms with Gasteiger partial charge >= 0.3 is 0 Å². The Morgan fingerprint density at radius 3 is 1.62 bits per heavy atom. The van der Waals surface area contributed by atoms with Crippen LogP contribution < -0.4 is 17.4 Å². The molecule has 4 nitrogen and oxygen atoms in total. The van der Waals surface area contributed by atoms with E-state index in [1.165, 1.54) is 0 Å². The summed E-state index contributed by atoms with van der Waals surface area (Å²) in [6.45, 7) is 3.48. The lowest BCUT2D eigenvalue weighted by molar-refractivity contribution is 0.372. The van der Waals surface area contributed by atoms with E-state index in [1.54, 1.807) is 13.8 Å². The Kier molecular flexibility index (Phi) is 2.30. The van der Waals surface area contributed by atoms with Crippen LogP contribution in [0.4, 0.5) is 0 Å². The van der Waals surface area contributed by atoms with E-state index in [1.807, 2.05) is 0 Å². The molecule has 0 atom stereocenters. The molecule has 48 valence electrons. The first kappa shape index (κ1) is 7.26. The minimum atomic E-state index is 0.634. The largest absolute Gasteiger partial charge is 0.401 e. The number of nitrogens with two attached hydrogens (primary N) is 3. The Hall–Kier alpha value is -0.740. The molecule has 0 rings (SSSR count). The lowest BCUT2D eigenvalue weighted by Crippen LogP contribution is -2.37. The van der Waals surface area contributed by atoms with E-state index in [0.29, 0.717) is 11.4 Å². The molecule has 0 aliphatic carbocycles. The minimum absolute atomic E-state index is 0.634. The smallest absolute Gasteiger partial charge is 0.0623 e. The number of nitrogens with zero attached hydrogens (tertiary/aromatic N) is 1. The normalized spacial score (nSPS) is 13.0. The average molecular weight is 116 g/mol. The standard InChI is InChI=1S/C4H12N4/c1-3(5)4(2)8(6)7/h5-7H2,1-2H3/b4-3-. The van der Waals surface area contributed by atoms with Gasteiger partial charge in [-0.3, -0.25) is 0 Å². The quantitative estimate of drug-likeness (QED) is 0.311. The summed E-state index contributed by atoms with van der Waals surface area (Å²) in [6, 6.07) is 0. The number of hydrogen-bond donors (Lipinski definition) is 3. The molecule has 6 N–H and O–H groups in total. The molecule has 8 heavy (non-hydrogen) atoms. The maximum absolute atomic E-state index is 5.31. The molecule has 0 fully saturated rings. The second kappa shape index (κ2) is 2.54. The van der Waals surface area contributed by atoms with Gasteiger partial charge in [0.2, 0.25) is 0 Å². The van der Waals surface area contributed by atoms with Crippen LogP contribution in [0, 0.1) is 0 Å². The van der Waals surface area contributed by atoms with Crippen molar-refractivity contribution >= 4 is 0 Å². The zero-order valence-corrected chi connectivity index (χ0v) is 5.18. The van der Waals surface area contributed by atoms with Gasteiger partial charge < -0.3 is 5.73 Å². The van der Waals surface area contributed by atoms with Crippen molar-refractivity contribution in [1.29, 1.82) is 0 Å². The third kappa shape index (κ3) is 1.81. The Balaban J connectivity index is 4.00. The third-order valence-electron chi connectivity index (χ3n) is 0.958. The Labute approximate surface area is 48.9 Å². The first-order valence-corrected chi connectivity index (χ1v) is 2.28. The van der Waals surface area contributed by atoms with Crippen molar-refractivity contribution < 1.29 is 0 Å². The van der Waals surface area contributed by atoms with Gasteiger partial charge in [0.15, 0.2) is 0 Å². The Bertz CT molecular complexity index is 101. The highest BCUT2D eigenvalue weighted by atomic mass is 15.6. The maximum atomic E-state index is 5.31. The van der Waals surface area contributed by atoms with Crippen LogP contribution in [0.1, 0.15) is 13.8 Å². The first-order valence-electron chi connectivity index (χ1n) is 2.28. The second-order valence-electron chi connectivity index (χ2n) is 1.68. The van der Waals surface area contributed by atoms with E-state index < -0.39 is 0 Å². The van der Waals surface area contributed by atoms with Crippen LogP contribution in [0.2, 0.25) is 0 Å². The molecule has 0 radical (unpaired) electrons. The van der Waals surface area contributed by atoms with E-state index >= 15 is 0 Å². The Morgan fingerprint density at radius 1 is 1.25 bits per heavy atom. The van der Waals surface area contributed by atoms with Gasteiger partial charge in [0.05, 0.1) is 5.70 Å². The molecule has 0 saturated heterocycles. The Morgan fingerprint density at radius 2 is 1.62 bits per heavy atom. The summed E-state index contributed by atoms with van der Waals surface area (Å²) >= 11 is 0. The van der Waals surface area contributed by atoms with Gasteiger partial charge in [-0.1, -0.05) is 0 Å². The van der Waals surface area contributed by atoms with Crippen LogP contribution in [0.3, 0.4) is 0 Å². The topological polar surface area (TPSA) is 81.3 Å². The van der Waals surface area contributed by atoms with Crippen molar-refractivity contribution in [3.63, 3.8) is 0 Å². The molecule has 4 heteroatoms. The lowest BCUT2D eigenvalue weighted by atomic mass is 10.4. The van der Waals surface area contributed by atoms with E-state index in [-0.39, 0.29) is 0 Å². The number of hydrazine groups is 2. The fourth-order valence-electron chi connectivity index (χ4n) is 0.204. The summed E-state index contributed by atoms with van der Waals surface area (Å²) in [5, 5.41) is 0.995. The molecule has 0 aliphatic rings. The van der Waals surface area contributed by atoms with Crippen molar-refractivity contribution in [3.05, 3.63) is 11.4 Å². The molecule has 0 heterocycles. The number of allylic oxidation sites excluding steroid dienone is 2. The summed E-state index contributed by atoms with van der Waals surface area (Å²) in [6.07, 6.45) is 0. The van der Waals surface area contributed by atoms with Gasteiger partial charge in [0.25, 0.3) is 0 Å². The van der Waals surface area contributed by atoms with Crippen LogP contribution >= 0.6 is 0 Å². The SMILES string of the molecule is C/C(N)=C(\C)N(N)N. The lowest BCUT2D eigenvalue weighted by Gasteiger charge is -2.12. The molecule has 0 aromatic rings. The fraction of sp³-hybridized carbons (Fsp3) is 0.500. The van der Waals surface area contributed by atoms with E-state index in [9.17, 15) is 0 Å². The molecule has 0 aromatic carbocycles. The summed E-state index contributed by atoms with van der Waals surface area (Å²) in [7, 11) is 0. The summed E-state index contributed by atoms with van der Waals surface area (Å²) in [5.74, 6) is 10.2. The highest BCUT2D eigenvalue weighted by Crippen LogP contribution is 1.93. The van der Waals surface area contributed by atoms with Gasteiger partial charge in [-0.2, -0.15) is 0 Å². The van der Waals surface area contributed by atoms with Crippen LogP contribution in [0.15, 0.2) is 11.4 Å². The highest BCUT2D eigenvalue weighted by Gasteiger charge is 1.92. The zero-order valence-electron chi connectivity index (χ0n) is 5.18. The zero-order chi connectivity index (χ0) is 6.73. The van der Waals surface area contributed by atoms with E-state index in [4.69, 9.17) is 17.4 Å². The van der Waals surface area contributed by atoms with E-state index in [2.05, 4.69) is 0 Å². The fourth-order valence-corrected chi connectivity index (χ4v) is 0.204. The van der Waals surface area contributed by atoms with Gasteiger partial charge in [0.1, 0.15) is 0 Å². The van der Waals surface area contributed by atoms with Gasteiger partial charge in [0, 0.05) is 5.70 Å². The van der Waals surface area contributed by atoms with Crippen molar-refractivity contribution in [2.75, 3.05) is 0 Å². The van der Waals surface area contributed by atoms with Crippen molar-refractivity contribution in [3.8, 4) is 0 Å². The van der Waals surface area contributed by atoms with Crippen molar-refractivity contribution in [1.82, 2.24) is 5.12 Å². The summed E-state index contributed by atoms with van der Waals surface area (Å²) in [5.41, 5.74) is 6.63. The number of rotatable bonds is 1. The van der Waals surface area contributed by atoms with Crippen LogP contribution in [0.5, 0.6) is 0 Å². The van der Waals surface area contributed by atoms with Gasteiger partial charge in [-0.05, 0) is 13.8 Å².